The number of rotatable bonds is 4. The van der Waals surface area contributed by atoms with Crippen LogP contribution in [0.4, 0.5) is 0 Å². The summed E-state index contributed by atoms with van der Waals surface area (Å²) in [7, 11) is 0. The van der Waals surface area contributed by atoms with Gasteiger partial charge in [0.25, 0.3) is 0 Å². The number of piperidine rings is 1. The number of hydrogen-bond acceptors (Lipinski definition) is 2. The molecule has 116 valence electrons. The number of hydrogen-bond donors (Lipinski definition) is 1. The normalized spacial score (nSPS) is 20.2. The summed E-state index contributed by atoms with van der Waals surface area (Å²) in [5.74, 6) is -0.668. The third-order valence-electron chi connectivity index (χ3n) is 4.86. The number of carboxylic acids is 1. The van der Waals surface area contributed by atoms with Crippen LogP contribution >= 0.6 is 23.2 Å². The number of aliphatic carboxylic acids is 1. The summed E-state index contributed by atoms with van der Waals surface area (Å²) in [6.07, 6.45) is 2.05. The molecule has 5 heteroatoms. The van der Waals surface area contributed by atoms with E-state index in [4.69, 9.17) is 23.2 Å². The molecule has 0 radical (unpaired) electrons. The highest BCUT2D eigenvalue weighted by atomic mass is 35.5. The molecule has 0 aliphatic carbocycles. The number of halogens is 2. The highest BCUT2D eigenvalue weighted by molar-refractivity contribution is 6.42. The first-order chi connectivity index (χ1) is 9.91. The Hall–Kier alpha value is -0.770. The SMILES string of the molecule is CCC1(C(=O)O)CCN(C(C)c2cccc(Cl)c2Cl)CC1. The van der Waals surface area contributed by atoms with Gasteiger partial charge in [-0.3, -0.25) is 9.69 Å². The summed E-state index contributed by atoms with van der Waals surface area (Å²) in [6, 6.07) is 5.80. The fourth-order valence-electron chi connectivity index (χ4n) is 3.10. The van der Waals surface area contributed by atoms with Gasteiger partial charge in [-0.2, -0.15) is 0 Å². The van der Waals surface area contributed by atoms with Gasteiger partial charge in [-0.25, -0.2) is 0 Å². The van der Waals surface area contributed by atoms with Gasteiger partial charge >= 0.3 is 5.97 Å². The molecule has 1 aromatic carbocycles. The lowest BCUT2D eigenvalue weighted by molar-refractivity contribution is -0.152. The number of carbonyl (C=O) groups is 1. The fraction of sp³-hybridized carbons (Fsp3) is 0.562. The standard InChI is InChI=1S/C16H21Cl2NO2/c1-3-16(15(20)21)7-9-19(10-8-16)11(2)12-5-4-6-13(17)14(12)18/h4-6,11H,3,7-10H2,1-2H3,(H,20,21). The Morgan fingerprint density at radius 3 is 2.52 bits per heavy atom. The molecule has 1 unspecified atom stereocenters. The number of benzene rings is 1. The van der Waals surface area contributed by atoms with E-state index in [1.165, 1.54) is 0 Å². The van der Waals surface area contributed by atoms with E-state index in [0.717, 1.165) is 18.7 Å². The fourth-order valence-corrected chi connectivity index (χ4v) is 3.56. The van der Waals surface area contributed by atoms with Crippen molar-refractivity contribution < 1.29 is 9.90 Å². The van der Waals surface area contributed by atoms with E-state index in [0.29, 0.717) is 29.3 Å². The van der Waals surface area contributed by atoms with Crippen LogP contribution in [-0.2, 0) is 4.79 Å². The molecule has 0 saturated carbocycles. The average molecular weight is 330 g/mol. The molecule has 1 saturated heterocycles. The lowest BCUT2D eigenvalue weighted by atomic mass is 9.76. The molecular weight excluding hydrogens is 309 g/mol. The highest BCUT2D eigenvalue weighted by Gasteiger charge is 2.40. The van der Waals surface area contributed by atoms with Crippen molar-refractivity contribution in [3.8, 4) is 0 Å². The Morgan fingerprint density at radius 1 is 1.38 bits per heavy atom. The Kier molecular flexibility index (Phi) is 5.18. The zero-order valence-corrected chi connectivity index (χ0v) is 13.9. The van der Waals surface area contributed by atoms with Crippen LogP contribution in [0.2, 0.25) is 10.0 Å². The van der Waals surface area contributed by atoms with Crippen molar-refractivity contribution in [2.75, 3.05) is 13.1 Å². The van der Waals surface area contributed by atoms with E-state index >= 15 is 0 Å². The van der Waals surface area contributed by atoms with Gasteiger partial charge in [0.05, 0.1) is 15.5 Å². The van der Waals surface area contributed by atoms with Gasteiger partial charge in [-0.15, -0.1) is 0 Å². The van der Waals surface area contributed by atoms with Gasteiger partial charge in [0, 0.05) is 6.04 Å². The third-order valence-corrected chi connectivity index (χ3v) is 5.70. The molecule has 2 rings (SSSR count). The highest BCUT2D eigenvalue weighted by Crippen LogP contribution is 2.39. The first kappa shape index (κ1) is 16.6. The van der Waals surface area contributed by atoms with Crippen LogP contribution in [0.15, 0.2) is 18.2 Å². The van der Waals surface area contributed by atoms with Crippen molar-refractivity contribution in [2.45, 2.75) is 39.2 Å². The lowest BCUT2D eigenvalue weighted by Gasteiger charge is -2.41. The van der Waals surface area contributed by atoms with Gasteiger partial charge in [-0.1, -0.05) is 42.3 Å². The Balaban J connectivity index is 2.12. The minimum absolute atomic E-state index is 0.139. The molecule has 0 aromatic heterocycles. The van der Waals surface area contributed by atoms with Crippen LogP contribution in [-0.4, -0.2) is 29.1 Å². The van der Waals surface area contributed by atoms with Crippen LogP contribution in [0.25, 0.3) is 0 Å². The second-order valence-corrected chi connectivity index (χ2v) is 6.58. The second-order valence-electron chi connectivity index (χ2n) is 5.79. The van der Waals surface area contributed by atoms with Gasteiger partial charge in [0.2, 0.25) is 0 Å². The van der Waals surface area contributed by atoms with Crippen LogP contribution in [0.5, 0.6) is 0 Å². The largest absolute Gasteiger partial charge is 0.481 e. The van der Waals surface area contributed by atoms with Gasteiger partial charge in [0.15, 0.2) is 0 Å². The van der Waals surface area contributed by atoms with Gasteiger partial charge in [0.1, 0.15) is 0 Å². The summed E-state index contributed by atoms with van der Waals surface area (Å²) >= 11 is 12.4. The summed E-state index contributed by atoms with van der Waals surface area (Å²) in [5, 5.41) is 10.6. The molecule has 1 atom stereocenters. The van der Waals surface area contributed by atoms with Gasteiger partial charge < -0.3 is 5.11 Å². The second kappa shape index (κ2) is 6.55. The summed E-state index contributed by atoms with van der Waals surface area (Å²) in [4.78, 5) is 13.8. The topological polar surface area (TPSA) is 40.5 Å². The Labute approximate surface area is 135 Å². The number of nitrogens with zero attached hydrogens (tertiary/aromatic N) is 1. The van der Waals surface area contributed by atoms with E-state index in [9.17, 15) is 9.90 Å². The molecule has 0 bridgehead atoms. The van der Waals surface area contributed by atoms with Crippen molar-refractivity contribution >= 4 is 29.2 Å². The van der Waals surface area contributed by atoms with E-state index < -0.39 is 11.4 Å². The molecule has 3 nitrogen and oxygen atoms in total. The monoisotopic (exact) mass is 329 g/mol. The van der Waals surface area contributed by atoms with E-state index in [-0.39, 0.29) is 6.04 Å². The van der Waals surface area contributed by atoms with E-state index in [1.54, 1.807) is 6.07 Å². The number of carboxylic acid groups (broad SMARTS) is 1. The van der Waals surface area contributed by atoms with Crippen LogP contribution in [0, 0.1) is 5.41 Å². The van der Waals surface area contributed by atoms with Crippen molar-refractivity contribution in [3.63, 3.8) is 0 Å². The first-order valence-electron chi connectivity index (χ1n) is 7.32. The maximum atomic E-state index is 11.5. The van der Waals surface area contributed by atoms with Crippen molar-refractivity contribution in [3.05, 3.63) is 33.8 Å². The number of likely N-dealkylation sites (tertiary alicyclic amines) is 1. The van der Waals surface area contributed by atoms with Gasteiger partial charge in [-0.05, 0) is 50.9 Å². The van der Waals surface area contributed by atoms with E-state index in [1.807, 2.05) is 19.1 Å². The Morgan fingerprint density at radius 2 is 2.00 bits per heavy atom. The zero-order valence-electron chi connectivity index (χ0n) is 12.4. The third kappa shape index (κ3) is 3.20. The minimum atomic E-state index is -0.668. The molecule has 1 heterocycles. The molecular formula is C16H21Cl2NO2. The molecule has 1 fully saturated rings. The van der Waals surface area contributed by atoms with Crippen molar-refractivity contribution in [2.24, 2.45) is 5.41 Å². The minimum Gasteiger partial charge on any atom is -0.481 e. The molecule has 21 heavy (non-hydrogen) atoms. The Bertz CT molecular complexity index is 525. The zero-order chi connectivity index (χ0) is 15.6. The molecule has 1 N–H and O–H groups in total. The first-order valence-corrected chi connectivity index (χ1v) is 8.08. The van der Waals surface area contributed by atoms with Crippen LogP contribution < -0.4 is 0 Å². The summed E-state index contributed by atoms with van der Waals surface area (Å²) < 4.78 is 0. The maximum Gasteiger partial charge on any atom is 0.309 e. The quantitative estimate of drug-likeness (QED) is 0.875. The molecule has 0 spiro atoms. The molecule has 1 aliphatic rings. The average Bonchev–Trinajstić information content (AvgIpc) is 2.49. The summed E-state index contributed by atoms with van der Waals surface area (Å²) in [6.45, 7) is 5.59. The lowest BCUT2D eigenvalue weighted by Crippen LogP contribution is -2.44. The summed E-state index contributed by atoms with van der Waals surface area (Å²) in [5.41, 5.74) is 0.442. The van der Waals surface area contributed by atoms with Crippen molar-refractivity contribution in [1.29, 1.82) is 0 Å². The predicted molar refractivity (Wildman–Crippen MR) is 86.0 cm³/mol. The smallest absolute Gasteiger partial charge is 0.309 e. The van der Waals surface area contributed by atoms with E-state index in [2.05, 4.69) is 11.8 Å². The molecule has 1 aliphatic heterocycles. The maximum absolute atomic E-state index is 11.5. The van der Waals surface area contributed by atoms with Crippen LogP contribution in [0.3, 0.4) is 0 Å². The van der Waals surface area contributed by atoms with Crippen molar-refractivity contribution in [1.82, 2.24) is 4.90 Å². The molecule has 0 amide bonds. The predicted octanol–water partition coefficient (Wildman–Crippen LogP) is 4.63. The molecule has 1 aromatic rings. The van der Waals surface area contributed by atoms with Crippen LogP contribution in [0.1, 0.15) is 44.7 Å².